The number of rotatable bonds is 4. The highest BCUT2D eigenvalue weighted by molar-refractivity contribution is 5.96. The molecule has 1 nitrogen and oxygen atoms in total. The molecule has 0 amide bonds. The molecule has 0 atom stereocenters. The van der Waals surface area contributed by atoms with Crippen molar-refractivity contribution < 1.29 is 4.79 Å². The molecule has 1 aromatic rings. The summed E-state index contributed by atoms with van der Waals surface area (Å²) in [6.07, 6.45) is 2.73. The van der Waals surface area contributed by atoms with Gasteiger partial charge in [-0.1, -0.05) is 52.3 Å². The van der Waals surface area contributed by atoms with E-state index in [9.17, 15) is 4.79 Å². The van der Waals surface area contributed by atoms with Gasteiger partial charge in [0.05, 0.1) is 0 Å². The van der Waals surface area contributed by atoms with Crippen molar-refractivity contribution >= 4 is 5.78 Å². The Morgan fingerprint density at radius 3 is 2.50 bits per heavy atom. The van der Waals surface area contributed by atoms with Crippen LogP contribution >= 0.6 is 0 Å². The summed E-state index contributed by atoms with van der Waals surface area (Å²) >= 11 is 0. The van der Waals surface area contributed by atoms with Crippen LogP contribution in [0.1, 0.15) is 62.9 Å². The molecule has 0 N–H and O–H groups in total. The molecular formula is C15H22O. The predicted molar refractivity (Wildman–Crippen MR) is 69.0 cm³/mol. The molecule has 1 rings (SSSR count). The molecule has 0 aliphatic heterocycles. The van der Waals surface area contributed by atoms with Crippen LogP contribution < -0.4 is 0 Å². The summed E-state index contributed by atoms with van der Waals surface area (Å²) in [7, 11) is 0. The average molecular weight is 218 g/mol. The molecule has 0 aliphatic carbocycles. The normalized spacial score (nSPS) is 11.5. The van der Waals surface area contributed by atoms with Crippen molar-refractivity contribution in [3.63, 3.8) is 0 Å². The Balaban J connectivity index is 2.86. The Labute approximate surface area is 98.9 Å². The molecule has 0 unspecified atom stereocenters. The van der Waals surface area contributed by atoms with Crippen molar-refractivity contribution in [2.75, 3.05) is 0 Å². The van der Waals surface area contributed by atoms with Crippen LogP contribution in [-0.2, 0) is 5.41 Å². The van der Waals surface area contributed by atoms with Crippen LogP contribution in [0.25, 0.3) is 0 Å². The van der Waals surface area contributed by atoms with E-state index in [1.807, 2.05) is 18.2 Å². The third-order valence-corrected chi connectivity index (χ3v) is 2.81. The zero-order valence-corrected chi connectivity index (χ0v) is 10.8. The van der Waals surface area contributed by atoms with Gasteiger partial charge in [0, 0.05) is 12.0 Å². The maximum Gasteiger partial charge on any atom is 0.162 e. The van der Waals surface area contributed by atoms with Gasteiger partial charge in [0.1, 0.15) is 0 Å². The van der Waals surface area contributed by atoms with Crippen molar-refractivity contribution in [2.24, 2.45) is 0 Å². The van der Waals surface area contributed by atoms with Crippen LogP contribution in [0.15, 0.2) is 24.3 Å². The maximum atomic E-state index is 11.9. The number of Topliss-reactive ketones (excluding diaryl/α,β-unsaturated/α-hetero) is 1. The Morgan fingerprint density at radius 1 is 1.25 bits per heavy atom. The van der Waals surface area contributed by atoms with Gasteiger partial charge in [-0.3, -0.25) is 4.79 Å². The standard InChI is InChI=1S/C15H22O/c1-5-6-10-14(16)12-8-7-9-13(11-12)15(2,3)4/h7-9,11H,5-6,10H2,1-4H3. The third-order valence-electron chi connectivity index (χ3n) is 2.81. The van der Waals surface area contributed by atoms with Crippen molar-refractivity contribution in [2.45, 2.75) is 52.4 Å². The first kappa shape index (κ1) is 13.0. The van der Waals surface area contributed by atoms with E-state index in [2.05, 4.69) is 33.8 Å². The van der Waals surface area contributed by atoms with Crippen LogP contribution in [0.5, 0.6) is 0 Å². The maximum absolute atomic E-state index is 11.9. The first-order valence-corrected chi connectivity index (χ1v) is 6.09. The van der Waals surface area contributed by atoms with E-state index in [0.717, 1.165) is 18.4 Å². The quantitative estimate of drug-likeness (QED) is 0.686. The topological polar surface area (TPSA) is 17.1 Å². The lowest BCUT2D eigenvalue weighted by Gasteiger charge is -2.19. The summed E-state index contributed by atoms with van der Waals surface area (Å²) in [6.45, 7) is 8.62. The van der Waals surface area contributed by atoms with Crippen molar-refractivity contribution in [3.05, 3.63) is 35.4 Å². The lowest BCUT2D eigenvalue weighted by Crippen LogP contribution is -2.12. The van der Waals surface area contributed by atoms with Gasteiger partial charge in [-0.25, -0.2) is 0 Å². The second-order valence-corrected chi connectivity index (χ2v) is 5.36. The molecule has 1 heteroatoms. The second kappa shape index (κ2) is 5.29. The van der Waals surface area contributed by atoms with Gasteiger partial charge >= 0.3 is 0 Å². The Bertz CT molecular complexity index is 358. The third kappa shape index (κ3) is 3.48. The summed E-state index contributed by atoms with van der Waals surface area (Å²) < 4.78 is 0. The van der Waals surface area contributed by atoms with Gasteiger partial charge < -0.3 is 0 Å². The fraction of sp³-hybridized carbons (Fsp3) is 0.533. The summed E-state index contributed by atoms with van der Waals surface area (Å²) in [5.41, 5.74) is 2.21. The molecule has 0 aromatic heterocycles. The minimum Gasteiger partial charge on any atom is -0.294 e. The zero-order valence-electron chi connectivity index (χ0n) is 10.8. The van der Waals surface area contributed by atoms with Gasteiger partial charge in [-0.2, -0.15) is 0 Å². The zero-order chi connectivity index (χ0) is 12.2. The van der Waals surface area contributed by atoms with Crippen molar-refractivity contribution in [1.29, 1.82) is 0 Å². The SMILES string of the molecule is CCCCC(=O)c1cccc(C(C)(C)C)c1. The van der Waals surface area contributed by atoms with E-state index >= 15 is 0 Å². The smallest absolute Gasteiger partial charge is 0.162 e. The fourth-order valence-corrected chi connectivity index (χ4v) is 1.64. The fourth-order valence-electron chi connectivity index (χ4n) is 1.64. The lowest BCUT2D eigenvalue weighted by molar-refractivity contribution is 0.0979. The number of hydrogen-bond donors (Lipinski definition) is 0. The number of carbonyl (C=O) groups is 1. The van der Waals surface area contributed by atoms with Crippen molar-refractivity contribution in [3.8, 4) is 0 Å². The number of unbranched alkanes of at least 4 members (excludes halogenated alkanes) is 1. The van der Waals surface area contributed by atoms with Gasteiger partial charge in [-0.05, 0) is 23.5 Å². The lowest BCUT2D eigenvalue weighted by atomic mass is 9.85. The van der Waals surface area contributed by atoms with E-state index in [0.29, 0.717) is 6.42 Å². The molecule has 0 saturated heterocycles. The van der Waals surface area contributed by atoms with Gasteiger partial charge in [0.2, 0.25) is 0 Å². The van der Waals surface area contributed by atoms with Crippen LogP contribution in [-0.4, -0.2) is 5.78 Å². The molecule has 0 fully saturated rings. The molecule has 16 heavy (non-hydrogen) atoms. The van der Waals surface area contributed by atoms with Crippen LogP contribution in [0.4, 0.5) is 0 Å². The minimum absolute atomic E-state index is 0.112. The largest absolute Gasteiger partial charge is 0.294 e. The number of carbonyl (C=O) groups excluding carboxylic acids is 1. The molecule has 1 aromatic carbocycles. The summed E-state index contributed by atoms with van der Waals surface area (Å²) in [4.78, 5) is 11.9. The van der Waals surface area contributed by atoms with Gasteiger partial charge in [0.15, 0.2) is 5.78 Å². The Morgan fingerprint density at radius 2 is 1.94 bits per heavy atom. The van der Waals surface area contributed by atoms with Gasteiger partial charge in [-0.15, -0.1) is 0 Å². The van der Waals surface area contributed by atoms with Crippen molar-refractivity contribution in [1.82, 2.24) is 0 Å². The van der Waals surface area contributed by atoms with Crippen LogP contribution in [0.2, 0.25) is 0 Å². The molecule has 0 saturated carbocycles. The first-order valence-electron chi connectivity index (χ1n) is 6.09. The van der Waals surface area contributed by atoms with E-state index in [4.69, 9.17) is 0 Å². The molecule has 88 valence electrons. The molecule has 0 bridgehead atoms. The van der Waals surface area contributed by atoms with E-state index in [1.54, 1.807) is 0 Å². The minimum atomic E-state index is 0.112. The number of ketones is 1. The second-order valence-electron chi connectivity index (χ2n) is 5.36. The highest BCUT2D eigenvalue weighted by Gasteiger charge is 2.15. The Kier molecular flexibility index (Phi) is 4.28. The predicted octanol–water partition coefficient (Wildman–Crippen LogP) is 4.36. The molecule has 0 aliphatic rings. The van der Waals surface area contributed by atoms with Crippen LogP contribution in [0, 0.1) is 0 Å². The molecule has 0 heterocycles. The van der Waals surface area contributed by atoms with E-state index in [-0.39, 0.29) is 11.2 Å². The first-order chi connectivity index (χ1) is 7.45. The molecule has 0 radical (unpaired) electrons. The molecular weight excluding hydrogens is 196 g/mol. The summed E-state index contributed by atoms with van der Waals surface area (Å²) in [6, 6.07) is 8.04. The monoisotopic (exact) mass is 218 g/mol. The summed E-state index contributed by atoms with van der Waals surface area (Å²) in [5.74, 6) is 0.271. The Hall–Kier alpha value is -1.11. The number of benzene rings is 1. The molecule has 0 spiro atoms. The highest BCUT2D eigenvalue weighted by atomic mass is 16.1. The van der Waals surface area contributed by atoms with E-state index < -0.39 is 0 Å². The van der Waals surface area contributed by atoms with Gasteiger partial charge in [0.25, 0.3) is 0 Å². The average Bonchev–Trinajstić information content (AvgIpc) is 2.25. The van der Waals surface area contributed by atoms with Crippen LogP contribution in [0.3, 0.4) is 0 Å². The number of hydrogen-bond acceptors (Lipinski definition) is 1. The van der Waals surface area contributed by atoms with E-state index in [1.165, 1.54) is 5.56 Å². The highest BCUT2D eigenvalue weighted by Crippen LogP contribution is 2.23. The summed E-state index contributed by atoms with van der Waals surface area (Å²) in [5, 5.41) is 0.